The Labute approximate surface area is 310 Å². The molecule has 12 heteroatoms. The first kappa shape index (κ1) is 34.6. The summed E-state index contributed by atoms with van der Waals surface area (Å²) in [5.41, 5.74) is 0.410. The van der Waals surface area contributed by atoms with Crippen LogP contribution in [0.4, 0.5) is 11.4 Å². The van der Waals surface area contributed by atoms with Gasteiger partial charge in [-0.05, 0) is 34.4 Å². The first-order chi connectivity index (χ1) is 25.9. The predicted octanol–water partition coefficient (Wildman–Crippen LogP) is 6.79. The molecule has 0 saturated heterocycles. The Balaban J connectivity index is 1.32. The van der Waals surface area contributed by atoms with E-state index in [1.54, 1.807) is 84.9 Å². The third-order valence-corrected chi connectivity index (χ3v) is 11.9. The lowest BCUT2D eigenvalue weighted by Crippen LogP contribution is -2.27. The molecule has 54 heavy (non-hydrogen) atoms. The summed E-state index contributed by atoms with van der Waals surface area (Å²) in [5, 5.41) is 0. The molecule has 0 spiro atoms. The van der Waals surface area contributed by atoms with Gasteiger partial charge >= 0.3 is 0 Å². The summed E-state index contributed by atoms with van der Waals surface area (Å²) in [6, 6.07) is 34.7. The molecule has 0 heterocycles. The van der Waals surface area contributed by atoms with E-state index in [1.807, 2.05) is 0 Å². The fourth-order valence-corrected chi connectivity index (χ4v) is 9.48. The molecular weight excluding hydrogens is 725 g/mol. The van der Waals surface area contributed by atoms with Crippen LogP contribution < -0.4 is 9.44 Å². The van der Waals surface area contributed by atoms with Crippen molar-refractivity contribution in [3.8, 4) is 11.1 Å². The van der Waals surface area contributed by atoms with E-state index in [9.17, 15) is 36.0 Å². The summed E-state index contributed by atoms with van der Waals surface area (Å²) in [7, 11) is -8.21. The maximum absolute atomic E-state index is 14.4. The molecule has 0 bridgehead atoms. The smallest absolute Gasteiger partial charge is 0.236 e. The molecule has 0 aliphatic heterocycles. The molecule has 266 valence electrons. The number of ketones is 4. The lowest BCUT2D eigenvalue weighted by Gasteiger charge is -2.27. The van der Waals surface area contributed by atoms with E-state index in [2.05, 4.69) is 9.44 Å². The van der Waals surface area contributed by atoms with Gasteiger partial charge in [0.05, 0.1) is 34.0 Å². The molecule has 10 nitrogen and oxygen atoms in total. The number of hydrogen-bond donors (Lipinski definition) is 2. The second-order valence-electron chi connectivity index (χ2n) is 12.9. The first-order valence-electron chi connectivity index (χ1n) is 16.7. The predicted molar refractivity (Wildman–Crippen MR) is 204 cm³/mol. The zero-order valence-electron chi connectivity index (χ0n) is 28.2. The second-order valence-corrected chi connectivity index (χ2v) is 16.4. The Hall–Kier alpha value is -6.50. The maximum Gasteiger partial charge on any atom is 0.236 e. The summed E-state index contributed by atoms with van der Waals surface area (Å²) in [6.45, 7) is 0. The van der Waals surface area contributed by atoms with Gasteiger partial charge in [-0.15, -0.1) is 0 Å². The van der Waals surface area contributed by atoms with Crippen LogP contribution in [0.25, 0.3) is 11.1 Å². The molecule has 2 N–H and O–H groups in total. The van der Waals surface area contributed by atoms with Gasteiger partial charge in [-0.1, -0.05) is 121 Å². The van der Waals surface area contributed by atoms with Gasteiger partial charge in [0.1, 0.15) is 0 Å². The van der Waals surface area contributed by atoms with E-state index in [0.29, 0.717) is 11.1 Å². The molecule has 6 aromatic carbocycles. The Kier molecular flexibility index (Phi) is 8.43. The standard InChI is InChI=1S/C42H28N2O8S2/c45-39-29-15-7-9-17-31(29)41(47)37-33(43-53(49,50)23-25-11-3-1-4-12-25)21-19-27(35(37)39)28-20-22-34(44-54(51,52)24-26-13-5-2-6-14-26)38-36(28)40(46)30-16-8-10-18-32(30)42(38)48/h1-22,43-44H,23-24H2. The van der Waals surface area contributed by atoms with E-state index < -0.39 is 54.7 Å². The van der Waals surface area contributed by atoms with Crippen LogP contribution in [0.15, 0.2) is 133 Å². The van der Waals surface area contributed by atoms with E-state index >= 15 is 0 Å². The number of rotatable bonds is 9. The Morgan fingerprint density at radius 2 is 0.630 bits per heavy atom. The maximum atomic E-state index is 14.4. The molecule has 2 aliphatic rings. The van der Waals surface area contributed by atoms with Gasteiger partial charge in [-0.3, -0.25) is 28.6 Å². The van der Waals surface area contributed by atoms with Gasteiger partial charge in [0.25, 0.3) is 0 Å². The van der Waals surface area contributed by atoms with Crippen LogP contribution in [0.2, 0.25) is 0 Å². The highest BCUT2D eigenvalue weighted by Gasteiger charge is 2.39. The summed E-state index contributed by atoms with van der Waals surface area (Å²) in [6.07, 6.45) is 0. The number of benzene rings is 6. The van der Waals surface area contributed by atoms with Crippen LogP contribution in [-0.4, -0.2) is 40.0 Å². The normalized spacial score (nSPS) is 13.4. The fraction of sp³-hybridized carbons (Fsp3) is 0.0476. The van der Waals surface area contributed by atoms with Crippen molar-refractivity contribution in [3.05, 3.63) is 189 Å². The Bertz CT molecular complexity index is 2620. The highest BCUT2D eigenvalue weighted by atomic mass is 32.2. The first-order valence-corrected chi connectivity index (χ1v) is 20.0. The van der Waals surface area contributed by atoms with E-state index in [-0.39, 0.29) is 67.0 Å². The topological polar surface area (TPSA) is 161 Å². The molecule has 0 aromatic heterocycles. The highest BCUT2D eigenvalue weighted by molar-refractivity contribution is 7.92. The van der Waals surface area contributed by atoms with Crippen LogP contribution in [0.1, 0.15) is 74.8 Å². The third-order valence-electron chi connectivity index (χ3n) is 9.37. The lowest BCUT2D eigenvalue weighted by molar-refractivity contribution is 0.0978. The largest absolute Gasteiger partial charge is 0.289 e. The Morgan fingerprint density at radius 1 is 0.333 bits per heavy atom. The minimum Gasteiger partial charge on any atom is -0.289 e. The fourth-order valence-electron chi connectivity index (χ4n) is 7.06. The molecule has 6 aromatic rings. The van der Waals surface area contributed by atoms with Crippen molar-refractivity contribution >= 4 is 54.6 Å². The molecule has 0 unspecified atom stereocenters. The number of carbonyl (C=O) groups is 4. The summed E-state index contributed by atoms with van der Waals surface area (Å²) >= 11 is 0. The van der Waals surface area contributed by atoms with Crippen LogP contribution in [0.3, 0.4) is 0 Å². The number of nitrogens with one attached hydrogen (secondary N) is 2. The Morgan fingerprint density at radius 3 is 0.963 bits per heavy atom. The van der Waals surface area contributed by atoms with Crippen LogP contribution in [0.5, 0.6) is 0 Å². The minimum absolute atomic E-state index is 0.0704. The van der Waals surface area contributed by atoms with Gasteiger partial charge in [0, 0.05) is 33.4 Å². The number of hydrogen-bond acceptors (Lipinski definition) is 8. The van der Waals surface area contributed by atoms with Gasteiger partial charge in [-0.2, -0.15) is 0 Å². The summed E-state index contributed by atoms with van der Waals surface area (Å²) in [5.74, 6) is -3.26. The van der Waals surface area contributed by atoms with Crippen molar-refractivity contribution in [1.29, 1.82) is 0 Å². The number of anilines is 2. The summed E-state index contributed by atoms with van der Waals surface area (Å²) in [4.78, 5) is 57.3. The van der Waals surface area contributed by atoms with Crippen molar-refractivity contribution in [1.82, 2.24) is 0 Å². The van der Waals surface area contributed by atoms with Crippen LogP contribution in [0, 0.1) is 0 Å². The quantitative estimate of drug-likeness (QED) is 0.163. The number of fused-ring (bicyclic) bond motifs is 4. The van der Waals surface area contributed by atoms with Crippen LogP contribution >= 0.6 is 0 Å². The van der Waals surface area contributed by atoms with Crippen LogP contribution in [-0.2, 0) is 31.6 Å². The monoisotopic (exact) mass is 752 g/mol. The van der Waals surface area contributed by atoms with Gasteiger partial charge < -0.3 is 0 Å². The zero-order chi connectivity index (χ0) is 37.8. The van der Waals surface area contributed by atoms with Gasteiger partial charge in [0.15, 0.2) is 23.1 Å². The molecule has 0 amide bonds. The molecule has 8 rings (SSSR count). The molecule has 0 radical (unpaired) electrons. The van der Waals surface area contributed by atoms with Crippen molar-refractivity contribution in [2.45, 2.75) is 11.5 Å². The SMILES string of the molecule is O=C1c2ccccc2C(=O)c2c(-c3ccc(NS(=O)(=O)Cc4ccccc4)c4c3C(=O)c3ccccc3C4=O)ccc(NS(=O)(=O)Cc3ccccc3)c21. The molecule has 0 saturated carbocycles. The van der Waals surface area contributed by atoms with Gasteiger partial charge in [0.2, 0.25) is 20.0 Å². The van der Waals surface area contributed by atoms with Crippen molar-refractivity contribution in [2.75, 3.05) is 9.44 Å². The highest BCUT2D eigenvalue weighted by Crippen LogP contribution is 2.44. The van der Waals surface area contributed by atoms with E-state index in [0.717, 1.165) is 0 Å². The van der Waals surface area contributed by atoms with E-state index in [4.69, 9.17) is 0 Å². The van der Waals surface area contributed by atoms with Gasteiger partial charge in [-0.25, -0.2) is 16.8 Å². The number of sulfonamides is 2. The third kappa shape index (κ3) is 6.10. The second kappa shape index (κ2) is 13.2. The zero-order valence-corrected chi connectivity index (χ0v) is 29.8. The average molecular weight is 753 g/mol. The molecule has 0 fully saturated rings. The lowest BCUT2D eigenvalue weighted by atomic mass is 9.76. The summed E-state index contributed by atoms with van der Waals surface area (Å²) < 4.78 is 58.8. The van der Waals surface area contributed by atoms with E-state index in [1.165, 1.54) is 48.5 Å². The molecule has 2 aliphatic carbocycles. The molecule has 0 atom stereocenters. The average Bonchev–Trinajstić information content (AvgIpc) is 3.16. The minimum atomic E-state index is -4.10. The van der Waals surface area contributed by atoms with Crippen molar-refractivity contribution in [2.24, 2.45) is 0 Å². The van der Waals surface area contributed by atoms with Crippen molar-refractivity contribution < 1.29 is 36.0 Å². The van der Waals surface area contributed by atoms with Crippen molar-refractivity contribution in [3.63, 3.8) is 0 Å². The number of carbonyl (C=O) groups excluding carboxylic acids is 4. The molecular formula is C42H28N2O8S2.